The lowest BCUT2D eigenvalue weighted by Crippen LogP contribution is -2.23. The summed E-state index contributed by atoms with van der Waals surface area (Å²) in [6, 6.07) is 0. The molecule has 0 aliphatic rings. The van der Waals surface area contributed by atoms with Crippen LogP contribution in [0, 0.1) is 0 Å². The summed E-state index contributed by atoms with van der Waals surface area (Å²) in [5, 5.41) is 3.08. The molecule has 0 saturated carbocycles. The molecule has 0 aromatic heterocycles. The zero-order chi connectivity index (χ0) is 11.0. The third kappa shape index (κ3) is 13.7. The Balaban J connectivity index is 0. The molecule has 0 radical (unpaired) electrons. The van der Waals surface area contributed by atoms with E-state index in [2.05, 4.69) is 5.32 Å². The topological polar surface area (TPSA) is 38.3 Å². The molecule has 0 unspecified atom stereocenters. The molecule has 1 N–H and O–H groups in total. The van der Waals surface area contributed by atoms with Gasteiger partial charge in [0.05, 0.1) is 0 Å². The van der Waals surface area contributed by atoms with Gasteiger partial charge in [0.15, 0.2) is 0 Å². The number of hydrogen-bond acceptors (Lipinski definition) is 3. The fourth-order valence-electron chi connectivity index (χ4n) is 1.14. The molecular weight excluding hydrogens is 214 g/mol. The molecule has 92 valence electrons. The molecule has 0 aliphatic heterocycles. The Kier molecular flexibility index (Phi) is 10.3. The van der Waals surface area contributed by atoms with Crippen molar-refractivity contribution in [2.45, 2.75) is 52.1 Å². The highest BCUT2D eigenvalue weighted by atomic mass is 35.5. The van der Waals surface area contributed by atoms with E-state index in [0.717, 1.165) is 25.8 Å². The first kappa shape index (κ1) is 17.1. The van der Waals surface area contributed by atoms with Gasteiger partial charge in [-0.25, -0.2) is 0 Å². The molecule has 0 aromatic carbocycles. The van der Waals surface area contributed by atoms with Gasteiger partial charge in [-0.05, 0) is 47.2 Å². The van der Waals surface area contributed by atoms with Gasteiger partial charge >= 0.3 is 5.97 Å². The van der Waals surface area contributed by atoms with Crippen molar-refractivity contribution in [3.63, 3.8) is 0 Å². The fraction of sp³-hybridized carbons (Fsp3) is 0.909. The van der Waals surface area contributed by atoms with Crippen molar-refractivity contribution >= 4 is 18.4 Å². The molecule has 0 heterocycles. The second-order valence-electron chi connectivity index (χ2n) is 4.50. The van der Waals surface area contributed by atoms with Crippen LogP contribution in [0.1, 0.15) is 46.5 Å². The van der Waals surface area contributed by atoms with Crippen LogP contribution in [-0.2, 0) is 9.53 Å². The van der Waals surface area contributed by atoms with E-state index in [9.17, 15) is 4.79 Å². The first-order valence-electron chi connectivity index (χ1n) is 5.32. The molecular formula is C11H24ClNO2. The molecule has 0 bridgehead atoms. The van der Waals surface area contributed by atoms with Gasteiger partial charge in [-0.3, -0.25) is 4.79 Å². The van der Waals surface area contributed by atoms with Gasteiger partial charge in [-0.1, -0.05) is 6.42 Å². The second-order valence-corrected chi connectivity index (χ2v) is 4.50. The monoisotopic (exact) mass is 237 g/mol. The largest absolute Gasteiger partial charge is 0.460 e. The van der Waals surface area contributed by atoms with Crippen LogP contribution in [0.4, 0.5) is 0 Å². The van der Waals surface area contributed by atoms with Crippen molar-refractivity contribution in [2.24, 2.45) is 0 Å². The molecule has 0 amide bonds. The lowest BCUT2D eigenvalue weighted by molar-refractivity contribution is -0.154. The minimum Gasteiger partial charge on any atom is -0.460 e. The highest BCUT2D eigenvalue weighted by molar-refractivity contribution is 5.85. The standard InChI is InChI=1S/C11H23NO2.ClH/c1-11(2,3)14-10(13)8-6-5-7-9-12-4;/h12H,5-9H2,1-4H3;1H. The number of esters is 1. The quantitative estimate of drug-likeness (QED) is 0.570. The van der Waals surface area contributed by atoms with Crippen molar-refractivity contribution in [1.82, 2.24) is 5.32 Å². The van der Waals surface area contributed by atoms with E-state index in [1.54, 1.807) is 0 Å². The maximum Gasteiger partial charge on any atom is 0.306 e. The van der Waals surface area contributed by atoms with Crippen LogP contribution in [0.5, 0.6) is 0 Å². The summed E-state index contributed by atoms with van der Waals surface area (Å²) in [5.41, 5.74) is -0.345. The number of carbonyl (C=O) groups is 1. The zero-order valence-electron chi connectivity index (χ0n) is 10.3. The summed E-state index contributed by atoms with van der Waals surface area (Å²) in [6.07, 6.45) is 3.68. The van der Waals surface area contributed by atoms with E-state index < -0.39 is 0 Å². The third-order valence-electron chi connectivity index (χ3n) is 1.73. The Morgan fingerprint density at radius 3 is 2.27 bits per heavy atom. The number of hydrogen-bond donors (Lipinski definition) is 1. The summed E-state index contributed by atoms with van der Waals surface area (Å²) in [5.74, 6) is -0.0815. The Morgan fingerprint density at radius 1 is 1.20 bits per heavy atom. The number of halogens is 1. The molecule has 4 heteroatoms. The number of carbonyl (C=O) groups excluding carboxylic acids is 1. The molecule has 0 rings (SSSR count). The normalized spacial score (nSPS) is 10.7. The summed E-state index contributed by atoms with van der Waals surface area (Å²) in [6.45, 7) is 6.71. The molecule has 0 fully saturated rings. The first-order valence-corrected chi connectivity index (χ1v) is 5.32. The van der Waals surface area contributed by atoms with Gasteiger partial charge in [0.25, 0.3) is 0 Å². The van der Waals surface area contributed by atoms with E-state index in [1.807, 2.05) is 27.8 Å². The number of rotatable bonds is 6. The number of unbranched alkanes of at least 4 members (excludes halogenated alkanes) is 2. The average Bonchev–Trinajstić information content (AvgIpc) is 2.00. The van der Waals surface area contributed by atoms with E-state index in [4.69, 9.17) is 4.74 Å². The lowest BCUT2D eigenvalue weighted by Gasteiger charge is -2.19. The number of ether oxygens (including phenoxy) is 1. The maximum absolute atomic E-state index is 11.3. The van der Waals surface area contributed by atoms with Crippen molar-refractivity contribution in [1.29, 1.82) is 0 Å². The minimum atomic E-state index is -0.345. The molecule has 3 nitrogen and oxygen atoms in total. The predicted molar refractivity (Wildman–Crippen MR) is 65.5 cm³/mol. The highest BCUT2D eigenvalue weighted by Crippen LogP contribution is 2.10. The smallest absolute Gasteiger partial charge is 0.306 e. The maximum atomic E-state index is 11.3. The predicted octanol–water partition coefficient (Wildman–Crippen LogP) is 2.53. The summed E-state index contributed by atoms with van der Waals surface area (Å²) in [7, 11) is 1.94. The van der Waals surface area contributed by atoms with E-state index in [-0.39, 0.29) is 24.0 Å². The van der Waals surface area contributed by atoms with Gasteiger partial charge in [-0.2, -0.15) is 0 Å². The number of nitrogens with one attached hydrogen (secondary N) is 1. The van der Waals surface area contributed by atoms with Crippen LogP contribution in [0.15, 0.2) is 0 Å². The van der Waals surface area contributed by atoms with Crippen LogP contribution in [0.3, 0.4) is 0 Å². The van der Waals surface area contributed by atoms with Crippen LogP contribution >= 0.6 is 12.4 Å². The molecule has 0 aromatic rings. The van der Waals surface area contributed by atoms with Crippen molar-refractivity contribution in [3.05, 3.63) is 0 Å². The molecule has 0 aliphatic carbocycles. The lowest BCUT2D eigenvalue weighted by atomic mass is 10.1. The van der Waals surface area contributed by atoms with Gasteiger partial charge in [-0.15, -0.1) is 12.4 Å². The molecule has 0 saturated heterocycles. The van der Waals surface area contributed by atoms with Gasteiger partial charge in [0.1, 0.15) is 5.60 Å². The zero-order valence-corrected chi connectivity index (χ0v) is 11.1. The van der Waals surface area contributed by atoms with Crippen LogP contribution in [-0.4, -0.2) is 25.2 Å². The van der Waals surface area contributed by atoms with Crippen molar-refractivity contribution < 1.29 is 9.53 Å². The highest BCUT2D eigenvalue weighted by Gasteiger charge is 2.15. The summed E-state index contributed by atoms with van der Waals surface area (Å²) in [4.78, 5) is 11.3. The molecule has 0 spiro atoms. The Labute approximate surface area is 99.4 Å². The van der Waals surface area contributed by atoms with Gasteiger partial charge in [0, 0.05) is 6.42 Å². The Morgan fingerprint density at radius 2 is 1.80 bits per heavy atom. The minimum absolute atomic E-state index is 0. The van der Waals surface area contributed by atoms with Crippen molar-refractivity contribution in [3.8, 4) is 0 Å². The molecule has 15 heavy (non-hydrogen) atoms. The second kappa shape index (κ2) is 8.98. The van der Waals surface area contributed by atoms with Gasteiger partial charge < -0.3 is 10.1 Å². The van der Waals surface area contributed by atoms with Crippen LogP contribution in [0.2, 0.25) is 0 Å². The first-order chi connectivity index (χ1) is 6.45. The van der Waals surface area contributed by atoms with E-state index in [1.165, 1.54) is 0 Å². The average molecular weight is 238 g/mol. The van der Waals surface area contributed by atoms with Crippen LogP contribution in [0.25, 0.3) is 0 Å². The summed E-state index contributed by atoms with van der Waals surface area (Å²) >= 11 is 0. The van der Waals surface area contributed by atoms with Crippen LogP contribution < -0.4 is 5.32 Å². The Hall–Kier alpha value is -0.280. The summed E-state index contributed by atoms with van der Waals surface area (Å²) < 4.78 is 5.19. The Bertz CT molecular complexity index is 166. The van der Waals surface area contributed by atoms with E-state index in [0.29, 0.717) is 6.42 Å². The van der Waals surface area contributed by atoms with Crippen molar-refractivity contribution in [2.75, 3.05) is 13.6 Å². The fourth-order valence-corrected chi connectivity index (χ4v) is 1.14. The van der Waals surface area contributed by atoms with E-state index >= 15 is 0 Å². The SMILES string of the molecule is CNCCCCCC(=O)OC(C)(C)C.Cl. The van der Waals surface area contributed by atoms with Gasteiger partial charge in [0.2, 0.25) is 0 Å². The molecule has 0 atom stereocenters. The third-order valence-corrected chi connectivity index (χ3v) is 1.73.